The fourth-order valence-electron chi connectivity index (χ4n) is 1.59. The fraction of sp³-hybridized carbons (Fsp3) is 0.154. The lowest BCUT2D eigenvalue weighted by Gasteiger charge is -2.06. The van der Waals surface area contributed by atoms with Crippen LogP contribution in [0.1, 0.15) is 10.4 Å². The maximum absolute atomic E-state index is 12.0. The van der Waals surface area contributed by atoms with Gasteiger partial charge in [0.15, 0.2) is 5.78 Å². The molecule has 0 atom stereocenters. The van der Waals surface area contributed by atoms with Crippen LogP contribution in [0.3, 0.4) is 0 Å². The van der Waals surface area contributed by atoms with E-state index >= 15 is 0 Å². The van der Waals surface area contributed by atoms with Crippen LogP contribution in [0.15, 0.2) is 41.5 Å². The number of hydrogen-bond donors (Lipinski definition) is 0. The lowest BCUT2D eigenvalue weighted by molar-refractivity contribution is 0.0970. The van der Waals surface area contributed by atoms with Crippen LogP contribution in [0.4, 0.5) is 0 Å². The molecule has 19 heavy (non-hydrogen) atoms. The number of hydrogen-bond acceptors (Lipinski definition) is 4. The Morgan fingerprint density at radius 2 is 2.26 bits per heavy atom. The molecule has 1 aromatic carbocycles. The van der Waals surface area contributed by atoms with Crippen LogP contribution in [0.5, 0.6) is 5.75 Å². The second-order valence-electron chi connectivity index (χ2n) is 3.80. The average Bonchev–Trinajstić information content (AvgIpc) is 2.41. The minimum absolute atomic E-state index is 0.0741. The van der Waals surface area contributed by atoms with E-state index in [1.165, 1.54) is 30.1 Å². The van der Waals surface area contributed by atoms with E-state index in [4.69, 9.17) is 16.3 Å². The van der Waals surface area contributed by atoms with Crippen molar-refractivity contribution in [3.63, 3.8) is 0 Å². The molecule has 0 saturated carbocycles. The zero-order valence-electron chi connectivity index (χ0n) is 10.2. The van der Waals surface area contributed by atoms with Gasteiger partial charge in [-0.2, -0.15) is 0 Å². The molecule has 6 heteroatoms. The summed E-state index contributed by atoms with van der Waals surface area (Å²) in [6.07, 6.45) is 2.89. The number of rotatable bonds is 4. The minimum atomic E-state index is -0.463. The van der Waals surface area contributed by atoms with Gasteiger partial charge in [-0.05, 0) is 24.3 Å². The predicted molar refractivity (Wildman–Crippen MR) is 70.8 cm³/mol. The monoisotopic (exact) mass is 278 g/mol. The number of benzene rings is 1. The highest BCUT2D eigenvalue weighted by molar-refractivity contribution is 6.32. The number of nitrogens with zero attached hydrogens (tertiary/aromatic N) is 2. The van der Waals surface area contributed by atoms with Crippen molar-refractivity contribution in [3.05, 3.63) is 57.7 Å². The maximum Gasteiger partial charge on any atom is 0.347 e. The van der Waals surface area contributed by atoms with Crippen LogP contribution in [0.25, 0.3) is 0 Å². The first-order chi connectivity index (χ1) is 9.11. The standard InChI is InChI=1S/C13H11ClN2O3/c1-19-12-4-3-9(7-10(12)14)11(17)8-16-6-2-5-15-13(16)18/h2-7H,8H2,1H3. The number of carbonyl (C=O) groups excluding carboxylic acids is 1. The van der Waals surface area contributed by atoms with Crippen molar-refractivity contribution in [3.8, 4) is 5.75 Å². The molecule has 2 aromatic rings. The van der Waals surface area contributed by atoms with E-state index in [9.17, 15) is 9.59 Å². The Bertz CT molecular complexity index is 667. The normalized spacial score (nSPS) is 10.2. The summed E-state index contributed by atoms with van der Waals surface area (Å²) >= 11 is 5.95. The molecular formula is C13H11ClN2O3. The molecule has 0 aliphatic carbocycles. The van der Waals surface area contributed by atoms with Gasteiger partial charge in [-0.1, -0.05) is 11.6 Å². The van der Waals surface area contributed by atoms with Crippen molar-refractivity contribution < 1.29 is 9.53 Å². The van der Waals surface area contributed by atoms with Crippen molar-refractivity contribution in [2.45, 2.75) is 6.54 Å². The molecule has 0 aliphatic rings. The molecule has 0 radical (unpaired) electrons. The third kappa shape index (κ3) is 3.00. The Hall–Kier alpha value is -2.14. The van der Waals surface area contributed by atoms with Crippen molar-refractivity contribution in [1.82, 2.24) is 9.55 Å². The van der Waals surface area contributed by atoms with Crippen LogP contribution < -0.4 is 10.4 Å². The number of halogens is 1. The smallest absolute Gasteiger partial charge is 0.347 e. The number of ketones is 1. The highest BCUT2D eigenvalue weighted by Crippen LogP contribution is 2.25. The molecule has 0 bridgehead atoms. The summed E-state index contributed by atoms with van der Waals surface area (Å²) in [5, 5.41) is 0.354. The lowest BCUT2D eigenvalue weighted by Crippen LogP contribution is -2.25. The SMILES string of the molecule is COc1ccc(C(=O)Cn2cccnc2=O)cc1Cl. The molecule has 0 N–H and O–H groups in total. The lowest BCUT2D eigenvalue weighted by atomic mass is 10.1. The van der Waals surface area contributed by atoms with E-state index in [1.807, 2.05) is 0 Å². The molecule has 1 heterocycles. The molecular weight excluding hydrogens is 268 g/mol. The third-order valence-corrected chi connectivity index (χ3v) is 2.87. The Morgan fingerprint density at radius 3 is 2.89 bits per heavy atom. The Balaban J connectivity index is 2.23. The summed E-state index contributed by atoms with van der Waals surface area (Å²) in [6, 6.07) is 6.33. The first-order valence-corrected chi connectivity index (χ1v) is 5.88. The molecule has 0 spiro atoms. The van der Waals surface area contributed by atoms with Gasteiger partial charge in [0.1, 0.15) is 5.75 Å². The Kier molecular flexibility index (Phi) is 3.97. The topological polar surface area (TPSA) is 61.2 Å². The molecule has 0 saturated heterocycles. The fourth-order valence-corrected chi connectivity index (χ4v) is 1.85. The number of carbonyl (C=O) groups is 1. The van der Waals surface area contributed by atoms with Gasteiger partial charge in [-0.25, -0.2) is 9.78 Å². The predicted octanol–water partition coefficient (Wildman–Crippen LogP) is 1.79. The van der Waals surface area contributed by atoms with Gasteiger partial charge < -0.3 is 4.74 Å². The Morgan fingerprint density at radius 1 is 1.47 bits per heavy atom. The summed E-state index contributed by atoms with van der Waals surface area (Å²) in [5.41, 5.74) is -0.0444. The van der Waals surface area contributed by atoms with E-state index in [1.54, 1.807) is 18.2 Å². The van der Waals surface area contributed by atoms with Gasteiger partial charge in [0.05, 0.1) is 18.7 Å². The van der Waals surface area contributed by atoms with Gasteiger partial charge in [0.2, 0.25) is 0 Å². The van der Waals surface area contributed by atoms with Gasteiger partial charge in [0.25, 0.3) is 0 Å². The minimum Gasteiger partial charge on any atom is -0.495 e. The number of Topliss-reactive ketones (excluding diaryl/α,β-unsaturated/α-hetero) is 1. The first-order valence-electron chi connectivity index (χ1n) is 5.50. The largest absolute Gasteiger partial charge is 0.495 e. The van der Waals surface area contributed by atoms with Gasteiger partial charge in [0, 0.05) is 18.0 Å². The van der Waals surface area contributed by atoms with Crippen molar-refractivity contribution in [1.29, 1.82) is 0 Å². The van der Waals surface area contributed by atoms with E-state index in [0.717, 1.165) is 0 Å². The van der Waals surface area contributed by atoms with Crippen molar-refractivity contribution in [2.24, 2.45) is 0 Å². The second kappa shape index (κ2) is 5.67. The summed E-state index contributed by atoms with van der Waals surface area (Å²) < 4.78 is 6.25. The van der Waals surface area contributed by atoms with E-state index in [2.05, 4.69) is 4.98 Å². The van der Waals surface area contributed by atoms with E-state index in [-0.39, 0.29) is 12.3 Å². The number of ether oxygens (including phenoxy) is 1. The molecule has 2 rings (SSSR count). The molecule has 98 valence electrons. The first kappa shape index (κ1) is 13.3. The van der Waals surface area contributed by atoms with Gasteiger partial charge in [-0.15, -0.1) is 0 Å². The zero-order valence-corrected chi connectivity index (χ0v) is 10.9. The molecule has 0 aliphatic heterocycles. The zero-order chi connectivity index (χ0) is 13.8. The number of aromatic nitrogens is 2. The van der Waals surface area contributed by atoms with E-state index < -0.39 is 5.69 Å². The van der Waals surface area contributed by atoms with Crippen LogP contribution in [0, 0.1) is 0 Å². The maximum atomic E-state index is 12.0. The van der Waals surface area contributed by atoms with E-state index in [0.29, 0.717) is 16.3 Å². The van der Waals surface area contributed by atoms with Crippen molar-refractivity contribution >= 4 is 17.4 Å². The van der Waals surface area contributed by atoms with Crippen LogP contribution >= 0.6 is 11.6 Å². The van der Waals surface area contributed by atoms with Crippen LogP contribution in [-0.2, 0) is 6.54 Å². The van der Waals surface area contributed by atoms with Gasteiger partial charge in [-0.3, -0.25) is 9.36 Å². The summed E-state index contributed by atoms with van der Waals surface area (Å²) in [4.78, 5) is 27.0. The highest BCUT2D eigenvalue weighted by atomic mass is 35.5. The molecule has 1 aromatic heterocycles. The third-order valence-electron chi connectivity index (χ3n) is 2.57. The number of methoxy groups -OCH3 is 1. The highest BCUT2D eigenvalue weighted by Gasteiger charge is 2.10. The molecule has 0 amide bonds. The quantitative estimate of drug-likeness (QED) is 0.800. The van der Waals surface area contributed by atoms with Crippen molar-refractivity contribution in [2.75, 3.05) is 7.11 Å². The summed E-state index contributed by atoms with van der Waals surface area (Å²) in [7, 11) is 1.50. The van der Waals surface area contributed by atoms with Crippen LogP contribution in [0.2, 0.25) is 5.02 Å². The summed E-state index contributed by atoms with van der Waals surface area (Å²) in [6.45, 7) is -0.0741. The second-order valence-corrected chi connectivity index (χ2v) is 4.21. The molecule has 0 unspecified atom stereocenters. The summed E-state index contributed by atoms with van der Waals surface area (Å²) in [5.74, 6) is 0.274. The van der Waals surface area contributed by atoms with Crippen LogP contribution in [-0.4, -0.2) is 22.4 Å². The van der Waals surface area contributed by atoms with Gasteiger partial charge >= 0.3 is 5.69 Å². The molecule has 5 nitrogen and oxygen atoms in total. The Labute approximate surface area is 114 Å². The molecule has 0 fully saturated rings. The average molecular weight is 279 g/mol.